The summed E-state index contributed by atoms with van der Waals surface area (Å²) < 4.78 is 2.38. The van der Waals surface area contributed by atoms with E-state index in [1.54, 1.807) is 19.3 Å². The van der Waals surface area contributed by atoms with E-state index in [4.69, 9.17) is 0 Å². The molecule has 0 radical (unpaired) electrons. The molecule has 130 valence electrons. The second-order valence-electron chi connectivity index (χ2n) is 6.07. The average molecular weight is 393 g/mol. The summed E-state index contributed by atoms with van der Waals surface area (Å²) >= 11 is 3.40. The van der Waals surface area contributed by atoms with Gasteiger partial charge in [-0.25, -0.2) is 4.98 Å². The van der Waals surface area contributed by atoms with Crippen LogP contribution in [0.1, 0.15) is 25.3 Å². The van der Waals surface area contributed by atoms with Gasteiger partial charge in [0.15, 0.2) is 0 Å². The smallest absolute Gasteiger partial charge is 0.274 e. The van der Waals surface area contributed by atoms with Crippen molar-refractivity contribution in [2.75, 3.05) is 25.5 Å². The lowest BCUT2D eigenvalue weighted by Gasteiger charge is -2.15. The lowest BCUT2D eigenvalue weighted by Crippen LogP contribution is -2.20. The molecule has 24 heavy (non-hydrogen) atoms. The van der Waals surface area contributed by atoms with E-state index in [2.05, 4.69) is 51.2 Å². The quantitative estimate of drug-likeness (QED) is 0.745. The van der Waals surface area contributed by atoms with Crippen LogP contribution in [0.15, 0.2) is 39.9 Å². The largest absolute Gasteiger partial charge is 0.336 e. The molecule has 1 N–H and O–H groups in total. The normalized spacial score (nSPS) is 11.0. The van der Waals surface area contributed by atoms with Crippen LogP contribution in [0, 0.1) is 0 Å². The Morgan fingerprint density at radius 2 is 2.12 bits per heavy atom. The number of pyridine rings is 2. The minimum atomic E-state index is -0.0805. The molecule has 0 unspecified atom stereocenters. The first-order chi connectivity index (χ1) is 11.5. The number of anilines is 2. The van der Waals surface area contributed by atoms with E-state index in [9.17, 15) is 4.79 Å². The molecule has 5 nitrogen and oxygen atoms in total. The number of nitrogens with zero attached hydrogens (tertiary/aromatic N) is 3. The molecule has 0 aliphatic carbocycles. The third kappa shape index (κ3) is 5.46. The lowest BCUT2D eigenvalue weighted by atomic mass is 10.1. The van der Waals surface area contributed by atoms with Gasteiger partial charge in [-0.1, -0.05) is 13.0 Å². The monoisotopic (exact) mass is 392 g/mol. The Hall–Kier alpha value is -1.66. The third-order valence-corrected chi connectivity index (χ3v) is 4.28. The molecule has 2 aromatic heterocycles. The summed E-state index contributed by atoms with van der Waals surface area (Å²) in [4.78, 5) is 18.9. The SMILES string of the molecule is CCCN(C)CCCc1ccc(Nc2cc(Br)cn(C)c2=O)nc1. The third-order valence-electron chi connectivity index (χ3n) is 3.85. The Kier molecular flexibility index (Phi) is 6.99. The number of hydrogen-bond acceptors (Lipinski definition) is 4. The van der Waals surface area contributed by atoms with Crippen molar-refractivity contribution in [1.82, 2.24) is 14.5 Å². The zero-order valence-electron chi connectivity index (χ0n) is 14.6. The summed E-state index contributed by atoms with van der Waals surface area (Å²) in [5, 5.41) is 3.09. The van der Waals surface area contributed by atoms with Crippen LogP contribution in [0.5, 0.6) is 0 Å². The molecule has 2 rings (SSSR count). The fourth-order valence-corrected chi connectivity index (χ4v) is 3.13. The first-order valence-corrected chi connectivity index (χ1v) is 9.05. The highest BCUT2D eigenvalue weighted by Crippen LogP contribution is 2.16. The van der Waals surface area contributed by atoms with E-state index in [0.717, 1.165) is 30.4 Å². The van der Waals surface area contributed by atoms with Gasteiger partial charge in [0.1, 0.15) is 11.5 Å². The fourth-order valence-electron chi connectivity index (χ4n) is 2.59. The second-order valence-corrected chi connectivity index (χ2v) is 6.99. The summed E-state index contributed by atoms with van der Waals surface area (Å²) in [5.74, 6) is 0.678. The van der Waals surface area contributed by atoms with Crippen LogP contribution in [0.25, 0.3) is 0 Å². The van der Waals surface area contributed by atoms with E-state index in [0.29, 0.717) is 11.5 Å². The first-order valence-electron chi connectivity index (χ1n) is 8.26. The van der Waals surface area contributed by atoms with Gasteiger partial charge in [0.2, 0.25) is 0 Å². The molecule has 0 atom stereocenters. The van der Waals surface area contributed by atoms with Crippen LogP contribution in [0.4, 0.5) is 11.5 Å². The molecule has 2 aromatic rings. The van der Waals surface area contributed by atoms with E-state index in [-0.39, 0.29) is 5.56 Å². The number of nitrogens with one attached hydrogen (secondary N) is 1. The molecular weight excluding hydrogens is 368 g/mol. The van der Waals surface area contributed by atoms with Gasteiger partial charge in [-0.05, 0) is 73.0 Å². The van der Waals surface area contributed by atoms with Gasteiger partial charge in [0.05, 0.1) is 0 Å². The maximum Gasteiger partial charge on any atom is 0.274 e. The number of aromatic nitrogens is 2. The number of aryl methyl sites for hydroxylation is 2. The van der Waals surface area contributed by atoms with Gasteiger partial charge >= 0.3 is 0 Å². The van der Waals surface area contributed by atoms with E-state index < -0.39 is 0 Å². The maximum atomic E-state index is 12.1. The van der Waals surface area contributed by atoms with Gasteiger partial charge < -0.3 is 14.8 Å². The second kappa shape index (κ2) is 8.99. The van der Waals surface area contributed by atoms with Crippen molar-refractivity contribution < 1.29 is 0 Å². The maximum absolute atomic E-state index is 12.1. The Morgan fingerprint density at radius 1 is 1.33 bits per heavy atom. The van der Waals surface area contributed by atoms with Crippen molar-refractivity contribution >= 4 is 27.4 Å². The fraction of sp³-hybridized carbons (Fsp3) is 0.444. The molecule has 2 heterocycles. The Morgan fingerprint density at radius 3 is 2.79 bits per heavy atom. The van der Waals surface area contributed by atoms with Gasteiger partial charge in [-0.15, -0.1) is 0 Å². The number of halogens is 1. The van der Waals surface area contributed by atoms with E-state index >= 15 is 0 Å². The minimum absolute atomic E-state index is 0.0805. The molecule has 0 fully saturated rings. The molecule has 0 saturated heterocycles. The Bertz CT molecular complexity index is 712. The van der Waals surface area contributed by atoms with Crippen molar-refractivity contribution in [3.63, 3.8) is 0 Å². The molecule has 0 amide bonds. The first kappa shape index (κ1) is 18.7. The van der Waals surface area contributed by atoms with Crippen molar-refractivity contribution in [3.05, 3.63) is 51.0 Å². The summed E-state index contributed by atoms with van der Waals surface area (Å²) in [5.41, 5.74) is 1.64. The molecular formula is C18H25BrN4O. The number of rotatable bonds is 8. The van der Waals surface area contributed by atoms with Crippen molar-refractivity contribution in [2.24, 2.45) is 7.05 Å². The predicted molar refractivity (Wildman–Crippen MR) is 103 cm³/mol. The molecule has 6 heteroatoms. The van der Waals surface area contributed by atoms with Crippen molar-refractivity contribution in [2.45, 2.75) is 26.2 Å². The summed E-state index contributed by atoms with van der Waals surface area (Å²) in [7, 11) is 3.89. The van der Waals surface area contributed by atoms with Gasteiger partial charge in [0, 0.05) is 23.9 Å². The molecule has 0 aromatic carbocycles. The molecule has 0 aliphatic heterocycles. The van der Waals surface area contributed by atoms with E-state index in [1.165, 1.54) is 16.6 Å². The molecule has 0 spiro atoms. The Labute approximate surface area is 151 Å². The molecule has 0 saturated carbocycles. The van der Waals surface area contributed by atoms with Crippen LogP contribution in [-0.4, -0.2) is 34.6 Å². The van der Waals surface area contributed by atoms with Crippen LogP contribution >= 0.6 is 15.9 Å². The topological polar surface area (TPSA) is 50.2 Å². The zero-order chi connectivity index (χ0) is 17.5. The van der Waals surface area contributed by atoms with Crippen LogP contribution < -0.4 is 10.9 Å². The van der Waals surface area contributed by atoms with Crippen molar-refractivity contribution in [1.29, 1.82) is 0 Å². The Balaban J connectivity index is 1.94. The van der Waals surface area contributed by atoms with Crippen molar-refractivity contribution in [3.8, 4) is 0 Å². The highest BCUT2D eigenvalue weighted by Gasteiger charge is 2.05. The molecule has 0 aliphatic rings. The zero-order valence-corrected chi connectivity index (χ0v) is 16.1. The molecule has 0 bridgehead atoms. The number of hydrogen-bond donors (Lipinski definition) is 1. The summed E-state index contributed by atoms with van der Waals surface area (Å²) in [6.07, 6.45) is 6.94. The highest BCUT2D eigenvalue weighted by atomic mass is 79.9. The van der Waals surface area contributed by atoms with Gasteiger partial charge in [0.25, 0.3) is 5.56 Å². The summed E-state index contributed by atoms with van der Waals surface area (Å²) in [6, 6.07) is 5.75. The summed E-state index contributed by atoms with van der Waals surface area (Å²) in [6.45, 7) is 4.44. The predicted octanol–water partition coefficient (Wildman–Crippen LogP) is 3.56. The lowest BCUT2D eigenvalue weighted by molar-refractivity contribution is 0.330. The average Bonchev–Trinajstić information content (AvgIpc) is 2.54. The van der Waals surface area contributed by atoms with Crippen LogP contribution in [0.3, 0.4) is 0 Å². The van der Waals surface area contributed by atoms with Gasteiger partial charge in [-0.3, -0.25) is 4.79 Å². The standard InChI is InChI=1S/C18H25BrN4O/c1-4-9-22(2)10-5-6-14-7-8-17(20-12-14)21-16-11-15(19)13-23(3)18(16)24/h7-8,11-13H,4-6,9-10H2,1-3H3,(H,20,21). The van der Waals surface area contributed by atoms with E-state index in [1.807, 2.05) is 12.3 Å². The highest BCUT2D eigenvalue weighted by molar-refractivity contribution is 9.10. The van der Waals surface area contributed by atoms with Gasteiger partial charge in [-0.2, -0.15) is 0 Å². The minimum Gasteiger partial charge on any atom is -0.336 e. The van der Waals surface area contributed by atoms with Crippen LogP contribution in [0.2, 0.25) is 0 Å². The van der Waals surface area contributed by atoms with Crippen LogP contribution in [-0.2, 0) is 13.5 Å².